The Balaban J connectivity index is 2.01. The van der Waals surface area contributed by atoms with Crippen molar-refractivity contribution in [3.8, 4) is 5.69 Å². The van der Waals surface area contributed by atoms with Gasteiger partial charge in [0.25, 0.3) is 5.91 Å². The molecule has 7 nitrogen and oxygen atoms in total. The number of amides is 1. The molecule has 8 heteroatoms. The summed E-state index contributed by atoms with van der Waals surface area (Å²) >= 11 is 1.16. The number of nitrogens with zero attached hydrogens (tertiary/aromatic N) is 4. The van der Waals surface area contributed by atoms with Crippen LogP contribution in [0.15, 0.2) is 46.7 Å². The van der Waals surface area contributed by atoms with E-state index >= 15 is 0 Å². The Hall–Kier alpha value is -2.87. The van der Waals surface area contributed by atoms with Gasteiger partial charge in [-0.2, -0.15) is 5.10 Å². The summed E-state index contributed by atoms with van der Waals surface area (Å²) in [5.74, 6) is -0.605. The standard InChI is InChI=1S/C14H11N5O2S/c1-9-7-11(20)12(13(21)16-14-17-15-8-22-14)18-19(9)10-5-3-2-4-6-10/h2-8H,1H3,(H,16,17,21). The fourth-order valence-electron chi connectivity index (χ4n) is 1.92. The van der Waals surface area contributed by atoms with Gasteiger partial charge in [0.1, 0.15) is 5.51 Å². The van der Waals surface area contributed by atoms with Gasteiger partial charge in [-0.25, -0.2) is 4.68 Å². The van der Waals surface area contributed by atoms with Crippen LogP contribution in [0.1, 0.15) is 16.2 Å². The average Bonchev–Trinajstić information content (AvgIpc) is 3.01. The maximum absolute atomic E-state index is 12.2. The predicted molar refractivity (Wildman–Crippen MR) is 82.4 cm³/mol. The number of carbonyl (C=O) groups is 1. The summed E-state index contributed by atoms with van der Waals surface area (Å²) < 4.78 is 1.55. The minimum atomic E-state index is -0.605. The smallest absolute Gasteiger partial charge is 0.282 e. The second kappa shape index (κ2) is 5.86. The number of nitrogens with one attached hydrogen (secondary N) is 1. The van der Waals surface area contributed by atoms with Gasteiger partial charge in [-0.3, -0.25) is 14.9 Å². The van der Waals surface area contributed by atoms with Crippen molar-refractivity contribution in [1.82, 2.24) is 20.0 Å². The molecule has 2 aromatic heterocycles. The quantitative estimate of drug-likeness (QED) is 0.794. The maximum Gasteiger partial charge on any atom is 0.282 e. The summed E-state index contributed by atoms with van der Waals surface area (Å²) in [6, 6.07) is 10.7. The summed E-state index contributed by atoms with van der Waals surface area (Å²) in [7, 11) is 0. The first-order chi connectivity index (χ1) is 10.6. The number of carbonyl (C=O) groups excluding carboxylic acids is 1. The van der Waals surface area contributed by atoms with E-state index in [-0.39, 0.29) is 5.69 Å². The molecule has 0 saturated carbocycles. The third kappa shape index (κ3) is 2.77. The van der Waals surface area contributed by atoms with Crippen molar-refractivity contribution in [2.75, 3.05) is 5.32 Å². The number of hydrogen-bond acceptors (Lipinski definition) is 6. The highest BCUT2D eigenvalue weighted by molar-refractivity contribution is 7.13. The van der Waals surface area contributed by atoms with E-state index in [1.165, 1.54) is 11.6 Å². The van der Waals surface area contributed by atoms with Crippen LogP contribution < -0.4 is 10.7 Å². The van der Waals surface area contributed by atoms with Crippen molar-refractivity contribution >= 4 is 22.4 Å². The number of para-hydroxylation sites is 1. The fourth-order valence-corrected chi connectivity index (χ4v) is 2.36. The number of rotatable bonds is 3. The Bertz CT molecular complexity index is 859. The van der Waals surface area contributed by atoms with Gasteiger partial charge in [0.15, 0.2) is 5.69 Å². The lowest BCUT2D eigenvalue weighted by atomic mass is 10.3. The first kappa shape index (κ1) is 14.1. The van der Waals surface area contributed by atoms with Crippen LogP contribution in [0.3, 0.4) is 0 Å². The second-order valence-corrected chi connectivity index (χ2v) is 5.28. The lowest BCUT2D eigenvalue weighted by Gasteiger charge is -2.10. The van der Waals surface area contributed by atoms with Crippen LogP contribution in [0.25, 0.3) is 5.69 Å². The van der Waals surface area contributed by atoms with E-state index in [9.17, 15) is 9.59 Å². The Kier molecular flexibility index (Phi) is 3.75. The van der Waals surface area contributed by atoms with Crippen LogP contribution in [0.2, 0.25) is 0 Å². The van der Waals surface area contributed by atoms with Gasteiger partial charge in [0.2, 0.25) is 10.6 Å². The van der Waals surface area contributed by atoms with Crippen LogP contribution in [0.5, 0.6) is 0 Å². The molecule has 0 radical (unpaired) electrons. The molecule has 3 aromatic rings. The van der Waals surface area contributed by atoms with E-state index in [0.717, 1.165) is 17.0 Å². The van der Waals surface area contributed by atoms with Gasteiger partial charge in [-0.15, -0.1) is 10.2 Å². The third-order valence-electron chi connectivity index (χ3n) is 2.90. The average molecular weight is 313 g/mol. The van der Waals surface area contributed by atoms with Crippen LogP contribution in [-0.4, -0.2) is 25.9 Å². The number of aryl methyl sites for hydroxylation is 1. The summed E-state index contributed by atoms with van der Waals surface area (Å²) in [5.41, 5.74) is 2.27. The zero-order valence-corrected chi connectivity index (χ0v) is 12.4. The van der Waals surface area contributed by atoms with Gasteiger partial charge in [-0.1, -0.05) is 29.5 Å². The minimum Gasteiger partial charge on any atom is -0.295 e. The van der Waals surface area contributed by atoms with Crippen molar-refractivity contribution in [3.05, 3.63) is 63.5 Å². The molecule has 0 aliphatic carbocycles. The number of benzene rings is 1. The molecule has 1 amide bonds. The molecule has 0 saturated heterocycles. The Morgan fingerprint density at radius 1 is 1.27 bits per heavy atom. The third-order valence-corrected chi connectivity index (χ3v) is 3.51. The van der Waals surface area contributed by atoms with Crippen LogP contribution in [0, 0.1) is 6.92 Å². The van der Waals surface area contributed by atoms with Crippen molar-refractivity contribution in [2.45, 2.75) is 6.92 Å². The highest BCUT2D eigenvalue weighted by Gasteiger charge is 2.16. The highest BCUT2D eigenvalue weighted by atomic mass is 32.1. The molecule has 0 spiro atoms. The molecule has 3 rings (SSSR count). The molecule has 1 N–H and O–H groups in total. The monoisotopic (exact) mass is 313 g/mol. The zero-order chi connectivity index (χ0) is 15.5. The Labute approximate surface area is 129 Å². The molecule has 0 aliphatic heterocycles. The lowest BCUT2D eigenvalue weighted by molar-refractivity contribution is 0.101. The SMILES string of the molecule is Cc1cc(=O)c(C(=O)Nc2nncs2)nn1-c1ccccc1. The van der Waals surface area contributed by atoms with Gasteiger partial charge < -0.3 is 0 Å². The molecular weight excluding hydrogens is 302 g/mol. The van der Waals surface area contributed by atoms with Crippen LogP contribution in [0.4, 0.5) is 5.13 Å². The van der Waals surface area contributed by atoms with Gasteiger partial charge in [0.05, 0.1) is 5.69 Å². The van der Waals surface area contributed by atoms with Gasteiger partial charge in [-0.05, 0) is 19.1 Å². The largest absolute Gasteiger partial charge is 0.295 e. The van der Waals surface area contributed by atoms with E-state index in [1.807, 2.05) is 30.3 Å². The number of hydrogen-bond donors (Lipinski definition) is 1. The van der Waals surface area contributed by atoms with E-state index in [2.05, 4.69) is 20.6 Å². The van der Waals surface area contributed by atoms with Gasteiger partial charge >= 0.3 is 0 Å². The van der Waals surface area contributed by atoms with Crippen molar-refractivity contribution in [3.63, 3.8) is 0 Å². The molecule has 110 valence electrons. The summed E-state index contributed by atoms with van der Waals surface area (Å²) in [6.07, 6.45) is 0. The molecule has 22 heavy (non-hydrogen) atoms. The van der Waals surface area contributed by atoms with Crippen molar-refractivity contribution < 1.29 is 4.79 Å². The van der Waals surface area contributed by atoms with Crippen LogP contribution in [-0.2, 0) is 0 Å². The summed E-state index contributed by atoms with van der Waals surface area (Å²) in [4.78, 5) is 24.2. The van der Waals surface area contributed by atoms with Crippen LogP contribution >= 0.6 is 11.3 Å². The molecule has 0 bridgehead atoms. The first-order valence-electron chi connectivity index (χ1n) is 6.39. The second-order valence-electron chi connectivity index (χ2n) is 4.44. The molecule has 0 aliphatic rings. The van der Waals surface area contributed by atoms with Gasteiger partial charge in [0, 0.05) is 11.8 Å². The topological polar surface area (TPSA) is 89.8 Å². The maximum atomic E-state index is 12.2. The van der Waals surface area contributed by atoms with E-state index in [1.54, 1.807) is 11.6 Å². The Morgan fingerprint density at radius 2 is 2.05 bits per heavy atom. The number of anilines is 1. The van der Waals surface area contributed by atoms with Crippen molar-refractivity contribution in [2.24, 2.45) is 0 Å². The molecule has 0 unspecified atom stereocenters. The first-order valence-corrected chi connectivity index (χ1v) is 7.27. The summed E-state index contributed by atoms with van der Waals surface area (Å²) in [5, 5.41) is 14.3. The van der Waals surface area contributed by atoms with E-state index < -0.39 is 11.3 Å². The highest BCUT2D eigenvalue weighted by Crippen LogP contribution is 2.10. The molecular formula is C14H11N5O2S. The fraction of sp³-hybridized carbons (Fsp3) is 0.0714. The molecule has 0 fully saturated rings. The van der Waals surface area contributed by atoms with E-state index in [0.29, 0.717) is 10.8 Å². The number of aromatic nitrogens is 4. The lowest BCUT2D eigenvalue weighted by Crippen LogP contribution is -2.26. The minimum absolute atomic E-state index is 0.190. The normalized spacial score (nSPS) is 10.4. The molecule has 1 aromatic carbocycles. The Morgan fingerprint density at radius 3 is 2.73 bits per heavy atom. The summed E-state index contributed by atoms with van der Waals surface area (Å²) in [6.45, 7) is 1.76. The van der Waals surface area contributed by atoms with Crippen molar-refractivity contribution in [1.29, 1.82) is 0 Å². The predicted octanol–water partition coefficient (Wildman–Crippen LogP) is 1.64. The molecule has 0 atom stereocenters. The zero-order valence-electron chi connectivity index (χ0n) is 11.6. The van der Waals surface area contributed by atoms with E-state index in [4.69, 9.17) is 0 Å². The molecule has 2 heterocycles.